The molecule has 2 N–H and O–H groups in total. The van der Waals surface area contributed by atoms with Crippen molar-refractivity contribution in [3.05, 3.63) is 39.2 Å². The molecule has 2 heterocycles. The summed E-state index contributed by atoms with van der Waals surface area (Å²) in [4.78, 5) is 5.69. The molecule has 1 aromatic carbocycles. The normalized spacial score (nSPS) is 11.0. The number of hydrogen-bond donors (Lipinski definition) is 1. The molecule has 0 bridgehead atoms. The van der Waals surface area contributed by atoms with Crippen molar-refractivity contribution in [2.75, 3.05) is 5.73 Å². The van der Waals surface area contributed by atoms with Crippen LogP contribution in [0.25, 0.3) is 22.8 Å². The van der Waals surface area contributed by atoms with Gasteiger partial charge < -0.3 is 10.3 Å². The maximum absolute atomic E-state index is 6.03. The number of hydrogen-bond acceptors (Lipinski definition) is 5. The highest BCUT2D eigenvalue weighted by Crippen LogP contribution is 2.34. The van der Waals surface area contributed by atoms with Gasteiger partial charge >= 0.3 is 0 Å². The van der Waals surface area contributed by atoms with Crippen LogP contribution in [-0.2, 0) is 6.42 Å². The van der Waals surface area contributed by atoms with E-state index in [1.807, 2.05) is 31.2 Å². The van der Waals surface area contributed by atoms with Crippen molar-refractivity contribution < 1.29 is 4.52 Å². The molecule has 0 aliphatic carbocycles. The van der Waals surface area contributed by atoms with Crippen LogP contribution in [0.2, 0.25) is 0 Å². The Kier molecular flexibility index (Phi) is 3.82. The van der Waals surface area contributed by atoms with Crippen molar-refractivity contribution in [1.29, 1.82) is 0 Å². The number of nitrogen functional groups attached to an aromatic ring is 1. The van der Waals surface area contributed by atoms with Gasteiger partial charge in [-0.25, -0.2) is 0 Å². The van der Waals surface area contributed by atoms with Crippen LogP contribution in [0.5, 0.6) is 0 Å². The van der Waals surface area contributed by atoms with Gasteiger partial charge in [0.25, 0.3) is 5.89 Å². The monoisotopic (exact) mass is 363 g/mol. The molecule has 21 heavy (non-hydrogen) atoms. The number of benzene rings is 1. The number of aromatic nitrogens is 2. The molecule has 3 aromatic rings. The third kappa shape index (κ3) is 2.73. The van der Waals surface area contributed by atoms with E-state index in [0.717, 1.165) is 32.6 Å². The minimum atomic E-state index is 0.473. The molecule has 0 aliphatic heterocycles. The first kappa shape index (κ1) is 14.3. The predicted octanol–water partition coefficient (Wildman–Crippen LogP) is 4.68. The Hall–Kier alpha value is -1.66. The van der Waals surface area contributed by atoms with Crippen LogP contribution in [0, 0.1) is 6.92 Å². The standard InChI is InChI=1S/C15H14BrN3OS/c1-3-10-7-12(13(17)21-10)15-18-14(19-20-15)11-5-4-9(16)6-8(11)2/h4-7H,3,17H2,1-2H3. The van der Waals surface area contributed by atoms with Gasteiger partial charge in [0.2, 0.25) is 5.82 Å². The molecule has 0 spiro atoms. The quantitative estimate of drug-likeness (QED) is 0.733. The molecule has 0 saturated carbocycles. The molecule has 0 saturated heterocycles. The second kappa shape index (κ2) is 5.61. The summed E-state index contributed by atoms with van der Waals surface area (Å²) < 4.78 is 6.41. The Morgan fingerprint density at radius 2 is 2.10 bits per heavy atom. The Balaban J connectivity index is 2.01. The van der Waals surface area contributed by atoms with E-state index in [0.29, 0.717) is 11.7 Å². The molecule has 0 unspecified atom stereocenters. The summed E-state index contributed by atoms with van der Waals surface area (Å²) in [5.41, 5.74) is 8.90. The number of halogens is 1. The van der Waals surface area contributed by atoms with Crippen LogP contribution in [0.15, 0.2) is 33.3 Å². The van der Waals surface area contributed by atoms with E-state index in [-0.39, 0.29) is 0 Å². The van der Waals surface area contributed by atoms with E-state index in [1.54, 1.807) is 11.3 Å². The Morgan fingerprint density at radius 3 is 2.76 bits per heavy atom. The van der Waals surface area contributed by atoms with Crippen molar-refractivity contribution in [3.8, 4) is 22.8 Å². The van der Waals surface area contributed by atoms with Crippen LogP contribution in [-0.4, -0.2) is 10.1 Å². The van der Waals surface area contributed by atoms with Crippen LogP contribution in [0.3, 0.4) is 0 Å². The zero-order chi connectivity index (χ0) is 15.0. The largest absolute Gasteiger partial charge is 0.390 e. The lowest BCUT2D eigenvalue weighted by atomic mass is 10.1. The Labute approximate surface area is 135 Å². The summed E-state index contributed by atoms with van der Waals surface area (Å²) in [6.07, 6.45) is 0.946. The van der Waals surface area contributed by atoms with Gasteiger partial charge in [0.15, 0.2) is 0 Å². The smallest absolute Gasteiger partial charge is 0.261 e. The number of thiophene rings is 1. The average Bonchev–Trinajstić information content (AvgIpc) is 3.05. The average molecular weight is 364 g/mol. The number of rotatable bonds is 3. The van der Waals surface area contributed by atoms with E-state index < -0.39 is 0 Å². The Bertz CT molecular complexity index is 794. The fourth-order valence-electron chi connectivity index (χ4n) is 2.12. The van der Waals surface area contributed by atoms with Gasteiger partial charge in [0.1, 0.15) is 0 Å². The zero-order valence-corrected chi connectivity index (χ0v) is 14.1. The van der Waals surface area contributed by atoms with Crippen molar-refractivity contribution in [3.63, 3.8) is 0 Å². The van der Waals surface area contributed by atoms with E-state index in [2.05, 4.69) is 33.0 Å². The summed E-state index contributed by atoms with van der Waals surface area (Å²) in [5.74, 6) is 1.06. The molecule has 0 amide bonds. The Morgan fingerprint density at radius 1 is 1.29 bits per heavy atom. The van der Waals surface area contributed by atoms with Gasteiger partial charge in [-0.1, -0.05) is 28.0 Å². The molecule has 0 aliphatic rings. The summed E-state index contributed by atoms with van der Waals surface area (Å²) in [6, 6.07) is 7.99. The predicted molar refractivity (Wildman–Crippen MR) is 89.3 cm³/mol. The zero-order valence-electron chi connectivity index (χ0n) is 11.7. The van der Waals surface area contributed by atoms with E-state index in [9.17, 15) is 0 Å². The fraction of sp³-hybridized carbons (Fsp3) is 0.200. The first-order valence-electron chi connectivity index (χ1n) is 6.57. The molecule has 0 fully saturated rings. The maximum atomic E-state index is 6.03. The number of anilines is 1. The lowest BCUT2D eigenvalue weighted by molar-refractivity contribution is 0.432. The summed E-state index contributed by atoms with van der Waals surface area (Å²) >= 11 is 5.01. The van der Waals surface area contributed by atoms with Crippen molar-refractivity contribution in [1.82, 2.24) is 10.1 Å². The van der Waals surface area contributed by atoms with E-state index in [4.69, 9.17) is 10.3 Å². The molecule has 108 valence electrons. The van der Waals surface area contributed by atoms with E-state index >= 15 is 0 Å². The minimum absolute atomic E-state index is 0.473. The molecular weight excluding hydrogens is 350 g/mol. The number of nitrogens with two attached hydrogens (primary N) is 1. The molecule has 3 rings (SSSR count). The van der Waals surface area contributed by atoms with Crippen LogP contribution in [0.1, 0.15) is 17.4 Å². The maximum Gasteiger partial charge on any atom is 0.261 e. The summed E-state index contributed by atoms with van der Waals surface area (Å²) in [7, 11) is 0. The fourth-order valence-corrected chi connectivity index (χ4v) is 3.45. The van der Waals surface area contributed by atoms with Gasteiger partial charge in [-0.05, 0) is 43.2 Å². The summed E-state index contributed by atoms with van der Waals surface area (Å²) in [6.45, 7) is 4.11. The van der Waals surface area contributed by atoms with Gasteiger partial charge in [-0.2, -0.15) is 4.98 Å². The highest BCUT2D eigenvalue weighted by Gasteiger charge is 2.16. The second-order valence-corrected chi connectivity index (χ2v) is 6.81. The number of nitrogens with zero attached hydrogens (tertiary/aromatic N) is 2. The topological polar surface area (TPSA) is 64.9 Å². The molecule has 2 aromatic heterocycles. The van der Waals surface area contributed by atoms with Gasteiger partial charge in [0, 0.05) is 14.9 Å². The van der Waals surface area contributed by atoms with Gasteiger partial charge in [-0.15, -0.1) is 11.3 Å². The van der Waals surface area contributed by atoms with Crippen molar-refractivity contribution in [2.24, 2.45) is 0 Å². The molecule has 0 radical (unpaired) electrons. The minimum Gasteiger partial charge on any atom is -0.390 e. The lowest BCUT2D eigenvalue weighted by Gasteiger charge is -2.00. The highest BCUT2D eigenvalue weighted by molar-refractivity contribution is 9.10. The first-order valence-corrected chi connectivity index (χ1v) is 8.18. The second-order valence-electron chi connectivity index (χ2n) is 4.73. The summed E-state index contributed by atoms with van der Waals surface area (Å²) in [5, 5.41) is 4.79. The third-order valence-electron chi connectivity index (χ3n) is 3.25. The van der Waals surface area contributed by atoms with Crippen LogP contribution in [0.4, 0.5) is 5.00 Å². The van der Waals surface area contributed by atoms with Gasteiger partial charge in [-0.3, -0.25) is 0 Å². The molecule has 6 heteroatoms. The highest BCUT2D eigenvalue weighted by atomic mass is 79.9. The van der Waals surface area contributed by atoms with Gasteiger partial charge in [0.05, 0.1) is 10.6 Å². The molecular formula is C15H14BrN3OS. The molecule has 4 nitrogen and oxygen atoms in total. The number of aryl methyl sites for hydroxylation is 2. The van der Waals surface area contributed by atoms with Crippen LogP contribution < -0.4 is 5.73 Å². The first-order chi connectivity index (χ1) is 10.1. The van der Waals surface area contributed by atoms with Crippen LogP contribution >= 0.6 is 27.3 Å². The SMILES string of the molecule is CCc1cc(-c2nc(-c3ccc(Br)cc3C)no2)c(N)s1. The van der Waals surface area contributed by atoms with Crippen molar-refractivity contribution >= 4 is 32.3 Å². The third-order valence-corrected chi connectivity index (χ3v) is 4.85. The van der Waals surface area contributed by atoms with Crippen molar-refractivity contribution in [2.45, 2.75) is 20.3 Å². The molecule has 0 atom stereocenters. The lowest BCUT2D eigenvalue weighted by Crippen LogP contribution is -1.86. The van der Waals surface area contributed by atoms with E-state index in [1.165, 1.54) is 4.88 Å².